The molecule has 1 aromatic rings. The summed E-state index contributed by atoms with van der Waals surface area (Å²) in [4.78, 5) is 0. The molecule has 0 aliphatic heterocycles. The van der Waals surface area contributed by atoms with Crippen LogP contribution in [0.15, 0.2) is 24.3 Å². The van der Waals surface area contributed by atoms with Gasteiger partial charge in [0.15, 0.2) is 0 Å². The quantitative estimate of drug-likeness (QED) is 0.797. The van der Waals surface area contributed by atoms with Crippen LogP contribution in [0.2, 0.25) is 0 Å². The molecule has 1 aliphatic rings. The number of rotatable bonds is 7. The van der Waals surface area contributed by atoms with Crippen molar-refractivity contribution in [3.8, 4) is 5.75 Å². The zero-order valence-electron chi connectivity index (χ0n) is 13.0. The van der Waals surface area contributed by atoms with Crippen molar-refractivity contribution < 1.29 is 4.74 Å². The second-order valence-corrected chi connectivity index (χ2v) is 6.26. The third kappa shape index (κ3) is 5.16. The molecule has 1 aromatic carbocycles. The van der Waals surface area contributed by atoms with Gasteiger partial charge in [-0.3, -0.25) is 0 Å². The van der Waals surface area contributed by atoms with Crippen molar-refractivity contribution in [2.24, 2.45) is 11.8 Å². The highest BCUT2D eigenvalue weighted by atomic mass is 16.5. The largest absolute Gasteiger partial charge is 0.494 e. The summed E-state index contributed by atoms with van der Waals surface area (Å²) in [5.41, 5.74) is 1.32. The van der Waals surface area contributed by atoms with Gasteiger partial charge < -0.3 is 10.1 Å². The molecule has 1 saturated carbocycles. The lowest BCUT2D eigenvalue weighted by atomic mass is 9.82. The highest BCUT2D eigenvalue weighted by Gasteiger charge is 2.18. The minimum atomic E-state index is 0.802. The molecule has 1 fully saturated rings. The Balaban J connectivity index is 1.73. The van der Waals surface area contributed by atoms with Crippen LogP contribution in [0.1, 0.15) is 51.5 Å². The standard InChI is InChI=1S/C18H29NO/c1-3-10-20-18-9-5-8-17(12-18)14-19-13-16-7-4-6-15(2)11-16/h5,8-9,12,15-16,19H,3-4,6-7,10-11,13-14H2,1-2H3. The van der Waals surface area contributed by atoms with Crippen molar-refractivity contribution in [1.29, 1.82) is 0 Å². The van der Waals surface area contributed by atoms with Gasteiger partial charge in [0.2, 0.25) is 0 Å². The Kier molecular flexibility index (Phi) is 6.38. The van der Waals surface area contributed by atoms with Gasteiger partial charge in [0, 0.05) is 6.54 Å². The topological polar surface area (TPSA) is 21.3 Å². The van der Waals surface area contributed by atoms with Gasteiger partial charge in [-0.05, 0) is 55.3 Å². The van der Waals surface area contributed by atoms with Crippen LogP contribution in [0.3, 0.4) is 0 Å². The minimum Gasteiger partial charge on any atom is -0.494 e. The van der Waals surface area contributed by atoms with Crippen LogP contribution in [0.5, 0.6) is 5.75 Å². The molecular weight excluding hydrogens is 246 g/mol. The molecule has 0 spiro atoms. The third-order valence-electron chi connectivity index (χ3n) is 4.18. The van der Waals surface area contributed by atoms with Crippen molar-refractivity contribution in [3.63, 3.8) is 0 Å². The van der Waals surface area contributed by atoms with Gasteiger partial charge >= 0.3 is 0 Å². The summed E-state index contributed by atoms with van der Waals surface area (Å²) >= 11 is 0. The van der Waals surface area contributed by atoms with E-state index in [1.54, 1.807) is 0 Å². The zero-order chi connectivity index (χ0) is 14.2. The summed E-state index contributed by atoms with van der Waals surface area (Å²) in [6, 6.07) is 8.47. The first-order valence-electron chi connectivity index (χ1n) is 8.20. The van der Waals surface area contributed by atoms with Crippen LogP contribution >= 0.6 is 0 Å². The van der Waals surface area contributed by atoms with Crippen molar-refractivity contribution in [2.75, 3.05) is 13.2 Å². The predicted octanol–water partition coefficient (Wildman–Crippen LogP) is 4.39. The maximum Gasteiger partial charge on any atom is 0.119 e. The number of hydrogen-bond acceptors (Lipinski definition) is 2. The molecular formula is C18H29NO. The number of hydrogen-bond donors (Lipinski definition) is 1. The first kappa shape index (κ1) is 15.4. The molecule has 0 bridgehead atoms. The van der Waals surface area contributed by atoms with E-state index in [0.29, 0.717) is 0 Å². The normalized spacial score (nSPS) is 22.7. The Labute approximate surface area is 123 Å². The molecule has 2 heteroatoms. The molecule has 112 valence electrons. The van der Waals surface area contributed by atoms with E-state index >= 15 is 0 Å². The fraction of sp³-hybridized carbons (Fsp3) is 0.667. The summed E-state index contributed by atoms with van der Waals surface area (Å²) < 4.78 is 5.68. The monoisotopic (exact) mass is 275 g/mol. The molecule has 1 aliphatic carbocycles. The predicted molar refractivity (Wildman–Crippen MR) is 85.1 cm³/mol. The Morgan fingerprint density at radius 1 is 1.30 bits per heavy atom. The first-order chi connectivity index (χ1) is 9.78. The number of nitrogens with one attached hydrogen (secondary N) is 1. The lowest BCUT2D eigenvalue weighted by Crippen LogP contribution is -2.26. The van der Waals surface area contributed by atoms with Crippen molar-refractivity contribution >= 4 is 0 Å². The summed E-state index contributed by atoms with van der Waals surface area (Å²) in [5, 5.41) is 3.62. The average molecular weight is 275 g/mol. The zero-order valence-corrected chi connectivity index (χ0v) is 13.0. The Morgan fingerprint density at radius 3 is 3.00 bits per heavy atom. The van der Waals surface area contributed by atoms with E-state index in [1.807, 2.05) is 6.07 Å². The molecule has 0 saturated heterocycles. The second kappa shape index (κ2) is 8.31. The fourth-order valence-corrected chi connectivity index (χ4v) is 3.13. The van der Waals surface area contributed by atoms with Crippen molar-refractivity contribution in [3.05, 3.63) is 29.8 Å². The van der Waals surface area contributed by atoms with Crippen LogP contribution in [-0.2, 0) is 6.54 Å². The van der Waals surface area contributed by atoms with E-state index in [4.69, 9.17) is 4.74 Å². The lowest BCUT2D eigenvalue weighted by molar-refractivity contribution is 0.274. The maximum atomic E-state index is 5.68. The highest BCUT2D eigenvalue weighted by Crippen LogP contribution is 2.28. The Bertz CT molecular complexity index is 391. The van der Waals surface area contributed by atoms with E-state index < -0.39 is 0 Å². The molecule has 0 aromatic heterocycles. The first-order valence-corrected chi connectivity index (χ1v) is 8.20. The SMILES string of the molecule is CCCOc1cccc(CNCC2CCCC(C)C2)c1. The summed E-state index contributed by atoms with van der Waals surface area (Å²) in [5.74, 6) is 2.79. The van der Waals surface area contributed by atoms with Crippen LogP contribution in [0.4, 0.5) is 0 Å². The maximum absolute atomic E-state index is 5.68. The van der Waals surface area contributed by atoms with Crippen molar-refractivity contribution in [1.82, 2.24) is 5.32 Å². The molecule has 2 atom stereocenters. The van der Waals surface area contributed by atoms with Gasteiger partial charge in [0.05, 0.1) is 6.61 Å². The smallest absolute Gasteiger partial charge is 0.119 e. The lowest BCUT2D eigenvalue weighted by Gasteiger charge is -2.26. The second-order valence-electron chi connectivity index (χ2n) is 6.26. The average Bonchev–Trinajstić information content (AvgIpc) is 2.46. The van der Waals surface area contributed by atoms with E-state index in [1.165, 1.54) is 31.2 Å². The summed E-state index contributed by atoms with van der Waals surface area (Å²) in [7, 11) is 0. The van der Waals surface area contributed by atoms with Gasteiger partial charge in [-0.2, -0.15) is 0 Å². The van der Waals surface area contributed by atoms with E-state index in [9.17, 15) is 0 Å². The van der Waals surface area contributed by atoms with Crippen LogP contribution in [0, 0.1) is 11.8 Å². The summed E-state index contributed by atoms with van der Waals surface area (Å²) in [6.45, 7) is 7.44. The summed E-state index contributed by atoms with van der Waals surface area (Å²) in [6.07, 6.45) is 6.69. The van der Waals surface area contributed by atoms with Crippen LogP contribution < -0.4 is 10.1 Å². The Morgan fingerprint density at radius 2 is 2.20 bits per heavy atom. The van der Waals surface area contributed by atoms with E-state index in [2.05, 4.69) is 37.4 Å². The molecule has 0 radical (unpaired) electrons. The molecule has 0 heterocycles. The fourth-order valence-electron chi connectivity index (χ4n) is 3.13. The highest BCUT2D eigenvalue weighted by molar-refractivity contribution is 5.28. The minimum absolute atomic E-state index is 0.802. The third-order valence-corrected chi connectivity index (χ3v) is 4.18. The molecule has 2 nitrogen and oxygen atoms in total. The van der Waals surface area contributed by atoms with Crippen LogP contribution in [0.25, 0.3) is 0 Å². The molecule has 2 rings (SSSR count). The molecule has 20 heavy (non-hydrogen) atoms. The van der Waals surface area contributed by atoms with Crippen molar-refractivity contribution in [2.45, 2.75) is 52.5 Å². The van der Waals surface area contributed by atoms with Gasteiger partial charge in [0.1, 0.15) is 5.75 Å². The number of ether oxygens (including phenoxy) is 1. The molecule has 2 unspecified atom stereocenters. The van der Waals surface area contributed by atoms with Gasteiger partial charge in [0.25, 0.3) is 0 Å². The van der Waals surface area contributed by atoms with E-state index in [0.717, 1.165) is 43.7 Å². The van der Waals surface area contributed by atoms with Gasteiger partial charge in [-0.15, -0.1) is 0 Å². The van der Waals surface area contributed by atoms with Gasteiger partial charge in [-0.25, -0.2) is 0 Å². The van der Waals surface area contributed by atoms with Gasteiger partial charge in [-0.1, -0.05) is 38.8 Å². The van der Waals surface area contributed by atoms with E-state index in [-0.39, 0.29) is 0 Å². The number of benzene rings is 1. The molecule has 1 N–H and O–H groups in total. The van der Waals surface area contributed by atoms with Crippen LogP contribution in [-0.4, -0.2) is 13.2 Å². The molecule has 0 amide bonds. The Hall–Kier alpha value is -1.02.